The minimum absolute atomic E-state index is 0.0896. The number of hydrogen-bond donors (Lipinski definition) is 1. The van der Waals surface area contributed by atoms with Crippen molar-refractivity contribution in [1.29, 1.82) is 0 Å². The molecule has 1 unspecified atom stereocenters. The number of rotatable bonds is 6. The fourth-order valence-electron chi connectivity index (χ4n) is 1.56. The summed E-state index contributed by atoms with van der Waals surface area (Å²) in [6.07, 6.45) is 0. The summed E-state index contributed by atoms with van der Waals surface area (Å²) in [7, 11) is 1.57. The van der Waals surface area contributed by atoms with Gasteiger partial charge in [-0.3, -0.25) is 9.59 Å². The Morgan fingerprint density at radius 3 is 2.58 bits per heavy atom. The number of nitrogens with zero attached hydrogens (tertiary/aromatic N) is 1. The highest BCUT2D eigenvalue weighted by atomic mass is 16.5. The first kappa shape index (κ1) is 15.0. The zero-order valence-corrected chi connectivity index (χ0v) is 11.4. The van der Waals surface area contributed by atoms with Crippen LogP contribution in [-0.4, -0.2) is 42.1 Å². The Labute approximate surface area is 112 Å². The highest BCUT2D eigenvalue weighted by molar-refractivity contribution is 5.78. The van der Waals surface area contributed by atoms with Gasteiger partial charge in [-0.25, -0.2) is 0 Å². The summed E-state index contributed by atoms with van der Waals surface area (Å²) in [4.78, 5) is 23.9. The van der Waals surface area contributed by atoms with Crippen LogP contribution in [0.4, 0.5) is 0 Å². The average molecular weight is 265 g/mol. The molecule has 5 heteroatoms. The first-order valence-corrected chi connectivity index (χ1v) is 6.07. The van der Waals surface area contributed by atoms with Gasteiger partial charge in [0.05, 0.1) is 5.92 Å². The molecule has 1 amide bonds. The minimum Gasteiger partial charge on any atom is -0.484 e. The molecular weight excluding hydrogens is 246 g/mol. The van der Waals surface area contributed by atoms with Crippen LogP contribution >= 0.6 is 0 Å². The van der Waals surface area contributed by atoms with Gasteiger partial charge in [0.2, 0.25) is 0 Å². The number of carbonyl (C=O) groups is 2. The van der Waals surface area contributed by atoms with Gasteiger partial charge in [-0.1, -0.05) is 25.1 Å². The number of para-hydroxylation sites is 1. The SMILES string of the molecule is Cc1ccccc1OCC(=O)N(C)CC(C)C(=O)O. The third kappa shape index (κ3) is 4.62. The Hall–Kier alpha value is -2.04. The predicted molar refractivity (Wildman–Crippen MR) is 71.1 cm³/mol. The van der Waals surface area contributed by atoms with Crippen LogP contribution in [0.2, 0.25) is 0 Å². The second-order valence-corrected chi connectivity index (χ2v) is 4.57. The number of aryl methyl sites for hydroxylation is 1. The van der Waals surface area contributed by atoms with Crippen molar-refractivity contribution in [3.63, 3.8) is 0 Å². The summed E-state index contributed by atoms with van der Waals surface area (Å²) in [6.45, 7) is 3.54. The van der Waals surface area contributed by atoms with Crippen LogP contribution in [0.1, 0.15) is 12.5 Å². The van der Waals surface area contributed by atoms with E-state index in [-0.39, 0.29) is 19.1 Å². The Balaban J connectivity index is 2.47. The number of amides is 1. The lowest BCUT2D eigenvalue weighted by Gasteiger charge is -2.19. The Kier molecular flexibility index (Phi) is 5.36. The molecule has 0 aliphatic heterocycles. The zero-order valence-electron chi connectivity index (χ0n) is 11.4. The van der Waals surface area contributed by atoms with Gasteiger partial charge in [0.15, 0.2) is 6.61 Å². The molecule has 0 aliphatic carbocycles. The van der Waals surface area contributed by atoms with E-state index in [0.29, 0.717) is 5.75 Å². The van der Waals surface area contributed by atoms with E-state index in [1.807, 2.05) is 25.1 Å². The van der Waals surface area contributed by atoms with Gasteiger partial charge in [-0.05, 0) is 18.6 Å². The van der Waals surface area contributed by atoms with E-state index in [2.05, 4.69) is 0 Å². The maximum absolute atomic E-state index is 11.8. The predicted octanol–water partition coefficient (Wildman–Crippen LogP) is 1.55. The lowest BCUT2D eigenvalue weighted by molar-refractivity contribution is -0.143. The number of ether oxygens (including phenoxy) is 1. The zero-order chi connectivity index (χ0) is 14.4. The molecule has 19 heavy (non-hydrogen) atoms. The lowest BCUT2D eigenvalue weighted by atomic mass is 10.2. The second-order valence-electron chi connectivity index (χ2n) is 4.57. The third-order valence-corrected chi connectivity index (χ3v) is 2.84. The minimum atomic E-state index is -0.917. The average Bonchev–Trinajstić information content (AvgIpc) is 2.37. The first-order valence-electron chi connectivity index (χ1n) is 6.07. The third-order valence-electron chi connectivity index (χ3n) is 2.84. The summed E-state index contributed by atoms with van der Waals surface area (Å²) in [6, 6.07) is 7.42. The normalized spacial score (nSPS) is 11.7. The maximum atomic E-state index is 11.8. The van der Waals surface area contributed by atoms with Gasteiger partial charge in [0.1, 0.15) is 5.75 Å². The molecule has 0 saturated heterocycles. The summed E-state index contributed by atoms with van der Waals surface area (Å²) in [5.74, 6) is -1.08. The quantitative estimate of drug-likeness (QED) is 0.847. The molecule has 104 valence electrons. The van der Waals surface area contributed by atoms with Crippen molar-refractivity contribution < 1.29 is 19.4 Å². The lowest BCUT2D eigenvalue weighted by Crippen LogP contribution is -2.36. The molecule has 5 nitrogen and oxygen atoms in total. The van der Waals surface area contributed by atoms with Crippen LogP contribution in [0.15, 0.2) is 24.3 Å². The highest BCUT2D eigenvalue weighted by Gasteiger charge is 2.17. The van der Waals surface area contributed by atoms with Crippen LogP contribution in [0.3, 0.4) is 0 Å². The van der Waals surface area contributed by atoms with Crippen LogP contribution in [0.5, 0.6) is 5.75 Å². The van der Waals surface area contributed by atoms with Gasteiger partial charge in [0.25, 0.3) is 5.91 Å². The molecule has 1 atom stereocenters. The molecule has 0 heterocycles. The highest BCUT2D eigenvalue weighted by Crippen LogP contribution is 2.16. The fraction of sp³-hybridized carbons (Fsp3) is 0.429. The number of likely N-dealkylation sites (N-methyl/N-ethyl adjacent to an activating group) is 1. The van der Waals surface area contributed by atoms with Crippen LogP contribution in [-0.2, 0) is 9.59 Å². The van der Waals surface area contributed by atoms with Crippen molar-refractivity contribution in [1.82, 2.24) is 4.90 Å². The standard InChI is InChI=1S/C14H19NO4/c1-10-6-4-5-7-12(10)19-9-13(16)15(3)8-11(2)14(17)18/h4-7,11H,8-9H2,1-3H3,(H,17,18). The van der Waals surface area contributed by atoms with E-state index >= 15 is 0 Å². The molecule has 0 radical (unpaired) electrons. The first-order chi connectivity index (χ1) is 8.91. The number of carbonyl (C=O) groups excluding carboxylic acids is 1. The fourth-order valence-corrected chi connectivity index (χ4v) is 1.56. The van der Waals surface area contributed by atoms with Crippen molar-refractivity contribution in [2.45, 2.75) is 13.8 Å². The molecule has 1 aromatic carbocycles. The molecule has 0 aliphatic rings. The van der Waals surface area contributed by atoms with Gasteiger partial charge < -0.3 is 14.7 Å². The molecule has 0 aromatic heterocycles. The number of benzene rings is 1. The molecule has 1 N–H and O–H groups in total. The van der Waals surface area contributed by atoms with E-state index < -0.39 is 11.9 Å². The summed E-state index contributed by atoms with van der Waals surface area (Å²) >= 11 is 0. The molecule has 1 aromatic rings. The van der Waals surface area contributed by atoms with E-state index in [1.165, 1.54) is 4.90 Å². The van der Waals surface area contributed by atoms with Crippen LogP contribution < -0.4 is 4.74 Å². The van der Waals surface area contributed by atoms with E-state index in [9.17, 15) is 9.59 Å². The number of carboxylic acids is 1. The molecule has 0 fully saturated rings. The smallest absolute Gasteiger partial charge is 0.308 e. The van der Waals surface area contributed by atoms with Crippen molar-refractivity contribution in [3.05, 3.63) is 29.8 Å². The second kappa shape index (κ2) is 6.78. The van der Waals surface area contributed by atoms with E-state index in [4.69, 9.17) is 9.84 Å². The molecule has 1 rings (SSSR count). The Morgan fingerprint density at radius 2 is 2.00 bits per heavy atom. The Morgan fingerprint density at radius 1 is 1.37 bits per heavy atom. The number of aliphatic carboxylic acids is 1. The monoisotopic (exact) mass is 265 g/mol. The summed E-state index contributed by atoms with van der Waals surface area (Å²) in [5.41, 5.74) is 0.955. The largest absolute Gasteiger partial charge is 0.484 e. The molecule has 0 spiro atoms. The van der Waals surface area contributed by atoms with E-state index in [0.717, 1.165) is 5.56 Å². The van der Waals surface area contributed by atoms with Crippen molar-refractivity contribution in [2.75, 3.05) is 20.2 Å². The van der Waals surface area contributed by atoms with Gasteiger partial charge in [-0.2, -0.15) is 0 Å². The molecule has 0 saturated carbocycles. The summed E-state index contributed by atoms with van der Waals surface area (Å²) < 4.78 is 5.42. The van der Waals surface area contributed by atoms with Crippen molar-refractivity contribution in [3.8, 4) is 5.75 Å². The maximum Gasteiger partial charge on any atom is 0.308 e. The molecular formula is C14H19NO4. The topological polar surface area (TPSA) is 66.8 Å². The van der Waals surface area contributed by atoms with Crippen molar-refractivity contribution >= 4 is 11.9 Å². The van der Waals surface area contributed by atoms with Crippen molar-refractivity contribution in [2.24, 2.45) is 5.92 Å². The van der Waals surface area contributed by atoms with Gasteiger partial charge in [0, 0.05) is 13.6 Å². The van der Waals surface area contributed by atoms with Gasteiger partial charge in [-0.15, -0.1) is 0 Å². The van der Waals surface area contributed by atoms with Crippen LogP contribution in [0.25, 0.3) is 0 Å². The molecule has 0 bridgehead atoms. The number of carboxylic acid groups (broad SMARTS) is 1. The van der Waals surface area contributed by atoms with E-state index in [1.54, 1.807) is 20.0 Å². The summed E-state index contributed by atoms with van der Waals surface area (Å²) in [5, 5.41) is 8.79. The Bertz CT molecular complexity index is 459. The van der Waals surface area contributed by atoms with Crippen LogP contribution in [0, 0.1) is 12.8 Å². The van der Waals surface area contributed by atoms with Gasteiger partial charge >= 0.3 is 5.97 Å². The number of hydrogen-bond acceptors (Lipinski definition) is 3.